The molecule has 0 N–H and O–H groups in total. The third-order valence-electron chi connectivity index (χ3n) is 3.02. The van der Waals surface area contributed by atoms with Crippen LogP contribution in [-0.2, 0) is 27.3 Å². The number of esters is 1. The Hall–Kier alpha value is -1.68. The summed E-state index contributed by atoms with van der Waals surface area (Å²) in [5.74, 6) is -1.08. The van der Waals surface area contributed by atoms with E-state index in [2.05, 4.69) is 17.0 Å². The van der Waals surface area contributed by atoms with Gasteiger partial charge in [-0.25, -0.2) is 0 Å². The van der Waals surface area contributed by atoms with Gasteiger partial charge in [0.2, 0.25) is 0 Å². The van der Waals surface area contributed by atoms with Crippen LogP contribution in [0.1, 0.15) is 24.5 Å². The zero-order valence-corrected chi connectivity index (χ0v) is 12.5. The van der Waals surface area contributed by atoms with Crippen LogP contribution in [0.25, 0.3) is 0 Å². The monoisotopic (exact) mass is 277 g/mol. The smallest absolute Gasteiger partial charge is 0.316 e. The van der Waals surface area contributed by atoms with E-state index in [4.69, 9.17) is 4.74 Å². The van der Waals surface area contributed by atoms with Crippen LogP contribution >= 0.6 is 0 Å². The number of rotatable bonds is 8. The zero-order chi connectivity index (χ0) is 15.0. The second kappa shape index (κ2) is 8.48. The average molecular weight is 277 g/mol. The van der Waals surface area contributed by atoms with E-state index in [-0.39, 0.29) is 0 Å². The van der Waals surface area contributed by atoms with Gasteiger partial charge >= 0.3 is 5.97 Å². The van der Waals surface area contributed by atoms with Crippen LogP contribution in [0.4, 0.5) is 0 Å². The van der Waals surface area contributed by atoms with Gasteiger partial charge in [0.25, 0.3) is 0 Å². The summed E-state index contributed by atoms with van der Waals surface area (Å²) in [6.07, 6.45) is 1.87. The molecule has 1 aromatic rings. The highest BCUT2D eigenvalue weighted by Gasteiger charge is 2.18. The minimum atomic E-state index is -0.656. The van der Waals surface area contributed by atoms with Crippen molar-refractivity contribution < 1.29 is 14.3 Å². The molecule has 0 heterocycles. The molecule has 1 rings (SSSR count). The molecule has 0 amide bonds. The van der Waals surface area contributed by atoms with Gasteiger partial charge in [0.15, 0.2) is 0 Å². The molecular weight excluding hydrogens is 254 g/mol. The van der Waals surface area contributed by atoms with Gasteiger partial charge in [-0.1, -0.05) is 24.3 Å². The molecule has 20 heavy (non-hydrogen) atoms. The predicted octanol–water partition coefficient (Wildman–Crippen LogP) is 2.06. The quantitative estimate of drug-likeness (QED) is 0.414. The van der Waals surface area contributed by atoms with Crippen molar-refractivity contribution in [1.29, 1.82) is 0 Å². The summed E-state index contributed by atoms with van der Waals surface area (Å²) in [5.41, 5.74) is 2.37. The van der Waals surface area contributed by atoms with Crippen LogP contribution in [0.5, 0.6) is 0 Å². The lowest BCUT2D eigenvalue weighted by atomic mass is 10.00. The van der Waals surface area contributed by atoms with Crippen LogP contribution in [0.3, 0.4) is 0 Å². The Labute approximate surface area is 120 Å². The number of aryl methyl sites for hydroxylation is 1. The lowest BCUT2D eigenvalue weighted by Gasteiger charge is -2.11. The standard InChI is InChI=1S/C16H23NO3/c1-4-20-16(19)15(12-18)10-9-13-5-7-14(8-6-13)11-17(2)3/h5-8,12,15H,4,9-11H2,1-3H3. The molecule has 0 aliphatic heterocycles. The van der Waals surface area contributed by atoms with Crippen molar-refractivity contribution in [3.8, 4) is 0 Å². The molecule has 0 radical (unpaired) electrons. The molecule has 0 saturated heterocycles. The maximum absolute atomic E-state index is 11.5. The normalized spacial score (nSPS) is 12.2. The molecule has 0 aromatic heterocycles. The molecule has 4 heteroatoms. The van der Waals surface area contributed by atoms with E-state index >= 15 is 0 Å². The minimum Gasteiger partial charge on any atom is -0.465 e. The summed E-state index contributed by atoms with van der Waals surface area (Å²) in [6, 6.07) is 8.25. The van der Waals surface area contributed by atoms with Crippen LogP contribution in [0, 0.1) is 5.92 Å². The van der Waals surface area contributed by atoms with Crippen molar-refractivity contribution in [2.45, 2.75) is 26.3 Å². The molecule has 1 atom stereocenters. The molecule has 1 aromatic carbocycles. The van der Waals surface area contributed by atoms with E-state index in [0.717, 1.165) is 12.1 Å². The Balaban J connectivity index is 2.51. The first-order valence-electron chi connectivity index (χ1n) is 6.91. The first kappa shape index (κ1) is 16.4. The summed E-state index contributed by atoms with van der Waals surface area (Å²) in [5, 5.41) is 0. The second-order valence-corrected chi connectivity index (χ2v) is 5.09. The zero-order valence-electron chi connectivity index (χ0n) is 12.5. The molecule has 0 saturated carbocycles. The minimum absolute atomic E-state index is 0.308. The molecule has 110 valence electrons. The molecule has 0 bridgehead atoms. The van der Waals surface area contributed by atoms with E-state index in [9.17, 15) is 9.59 Å². The molecule has 0 fully saturated rings. The lowest BCUT2D eigenvalue weighted by molar-refractivity contribution is -0.149. The predicted molar refractivity (Wildman–Crippen MR) is 78.3 cm³/mol. The Kier molecular flexibility index (Phi) is 6.94. The van der Waals surface area contributed by atoms with Crippen LogP contribution in [-0.4, -0.2) is 37.9 Å². The number of carbonyl (C=O) groups is 2. The maximum atomic E-state index is 11.5. The van der Waals surface area contributed by atoms with E-state index in [1.807, 2.05) is 26.2 Å². The number of ether oxygens (including phenoxy) is 1. The van der Waals surface area contributed by atoms with Crippen molar-refractivity contribution in [2.75, 3.05) is 20.7 Å². The molecule has 4 nitrogen and oxygen atoms in total. The van der Waals surface area contributed by atoms with Crippen molar-refractivity contribution in [3.63, 3.8) is 0 Å². The fourth-order valence-electron chi connectivity index (χ4n) is 1.99. The third kappa shape index (κ3) is 5.53. The van der Waals surface area contributed by atoms with E-state index in [1.165, 1.54) is 5.56 Å². The number of aldehydes is 1. The second-order valence-electron chi connectivity index (χ2n) is 5.09. The fraction of sp³-hybridized carbons (Fsp3) is 0.500. The average Bonchev–Trinajstić information content (AvgIpc) is 2.41. The van der Waals surface area contributed by atoms with Crippen LogP contribution < -0.4 is 0 Å². The Bertz CT molecular complexity index is 426. The van der Waals surface area contributed by atoms with Gasteiger partial charge in [0, 0.05) is 6.54 Å². The van der Waals surface area contributed by atoms with Gasteiger partial charge < -0.3 is 14.4 Å². The summed E-state index contributed by atoms with van der Waals surface area (Å²) < 4.78 is 4.87. The summed E-state index contributed by atoms with van der Waals surface area (Å²) in [4.78, 5) is 24.5. The summed E-state index contributed by atoms with van der Waals surface area (Å²) >= 11 is 0. The SMILES string of the molecule is CCOC(=O)C(C=O)CCc1ccc(CN(C)C)cc1. The van der Waals surface area contributed by atoms with Gasteiger partial charge in [0.1, 0.15) is 12.2 Å². The highest BCUT2D eigenvalue weighted by molar-refractivity contribution is 5.87. The van der Waals surface area contributed by atoms with Crippen LogP contribution in [0.2, 0.25) is 0 Å². The van der Waals surface area contributed by atoms with Gasteiger partial charge in [-0.05, 0) is 45.0 Å². The van der Waals surface area contributed by atoms with E-state index < -0.39 is 11.9 Å². The molecule has 1 unspecified atom stereocenters. The lowest BCUT2D eigenvalue weighted by Crippen LogP contribution is -2.19. The topological polar surface area (TPSA) is 46.6 Å². The van der Waals surface area contributed by atoms with Gasteiger partial charge in [-0.3, -0.25) is 4.79 Å². The first-order valence-corrected chi connectivity index (χ1v) is 6.91. The largest absolute Gasteiger partial charge is 0.465 e. The van der Waals surface area contributed by atoms with Crippen LogP contribution in [0.15, 0.2) is 24.3 Å². The van der Waals surface area contributed by atoms with E-state index in [1.54, 1.807) is 6.92 Å². The van der Waals surface area contributed by atoms with Crippen molar-refractivity contribution in [2.24, 2.45) is 5.92 Å². The number of hydrogen-bond acceptors (Lipinski definition) is 4. The molecule has 0 spiro atoms. The maximum Gasteiger partial charge on any atom is 0.316 e. The number of benzene rings is 1. The third-order valence-corrected chi connectivity index (χ3v) is 3.02. The highest BCUT2D eigenvalue weighted by Crippen LogP contribution is 2.12. The van der Waals surface area contributed by atoms with Gasteiger partial charge in [0.05, 0.1) is 6.61 Å². The molecule has 0 aliphatic carbocycles. The fourth-order valence-corrected chi connectivity index (χ4v) is 1.99. The summed E-state index contributed by atoms with van der Waals surface area (Å²) in [7, 11) is 4.06. The van der Waals surface area contributed by atoms with Crippen molar-refractivity contribution >= 4 is 12.3 Å². The summed E-state index contributed by atoms with van der Waals surface area (Å²) in [6.45, 7) is 2.95. The number of hydrogen-bond donors (Lipinski definition) is 0. The molecular formula is C16H23NO3. The highest BCUT2D eigenvalue weighted by atomic mass is 16.5. The van der Waals surface area contributed by atoms with Crippen molar-refractivity contribution in [3.05, 3.63) is 35.4 Å². The first-order chi connectivity index (χ1) is 9.56. The van der Waals surface area contributed by atoms with Gasteiger partial charge in [-0.2, -0.15) is 0 Å². The van der Waals surface area contributed by atoms with Crippen molar-refractivity contribution in [1.82, 2.24) is 4.90 Å². The Morgan fingerprint density at radius 1 is 1.25 bits per heavy atom. The van der Waals surface area contributed by atoms with Gasteiger partial charge in [-0.15, -0.1) is 0 Å². The number of nitrogens with zero attached hydrogens (tertiary/aromatic N) is 1. The number of carbonyl (C=O) groups excluding carboxylic acids is 2. The molecule has 0 aliphatic rings. The Morgan fingerprint density at radius 2 is 1.85 bits per heavy atom. The van der Waals surface area contributed by atoms with E-state index in [0.29, 0.717) is 25.7 Å². The Morgan fingerprint density at radius 3 is 2.35 bits per heavy atom.